The Morgan fingerprint density at radius 3 is 2.40 bits per heavy atom. The monoisotopic (exact) mass is 421 g/mol. The van der Waals surface area contributed by atoms with E-state index in [1.807, 2.05) is 25.8 Å². The summed E-state index contributed by atoms with van der Waals surface area (Å²) in [7, 11) is 3.53. The minimum atomic E-state index is -1.51. The predicted molar refractivity (Wildman–Crippen MR) is 105 cm³/mol. The second-order valence-electron chi connectivity index (χ2n) is 7.74. The van der Waals surface area contributed by atoms with Gasteiger partial charge in [-0.2, -0.15) is 4.98 Å². The molecule has 2 aliphatic rings. The Hall–Kier alpha value is -3.04. The fraction of sp³-hybridized carbons (Fsp3) is 0.450. The Balaban J connectivity index is 1.42. The van der Waals surface area contributed by atoms with Crippen molar-refractivity contribution in [3.05, 3.63) is 35.3 Å². The van der Waals surface area contributed by atoms with Crippen LogP contribution in [0.5, 0.6) is 5.75 Å². The molecule has 1 saturated carbocycles. The smallest absolute Gasteiger partial charge is 0.249 e. The van der Waals surface area contributed by atoms with Crippen molar-refractivity contribution < 1.29 is 22.7 Å². The number of hydrogen-bond donors (Lipinski definition) is 1. The van der Waals surface area contributed by atoms with Crippen molar-refractivity contribution in [1.29, 1.82) is 0 Å². The number of fused-ring (bicyclic) bond motifs is 1. The average Bonchev–Trinajstić information content (AvgIpc) is 2.66. The van der Waals surface area contributed by atoms with Crippen molar-refractivity contribution >= 4 is 23.4 Å². The van der Waals surface area contributed by atoms with Gasteiger partial charge in [0.05, 0.1) is 5.69 Å². The highest BCUT2D eigenvalue weighted by molar-refractivity contribution is 6.04. The van der Waals surface area contributed by atoms with Crippen molar-refractivity contribution in [2.75, 3.05) is 29.2 Å². The summed E-state index contributed by atoms with van der Waals surface area (Å²) < 4.78 is 45.2. The lowest BCUT2D eigenvalue weighted by Gasteiger charge is -2.38. The second-order valence-corrected chi connectivity index (χ2v) is 7.74. The van der Waals surface area contributed by atoms with E-state index in [2.05, 4.69) is 15.3 Å². The normalized spacial score (nSPS) is 23.2. The molecule has 160 valence electrons. The molecule has 0 bridgehead atoms. The second kappa shape index (κ2) is 7.33. The molecule has 1 fully saturated rings. The lowest BCUT2D eigenvalue weighted by Crippen LogP contribution is -2.50. The van der Waals surface area contributed by atoms with Crippen molar-refractivity contribution in [2.45, 2.75) is 44.9 Å². The molecule has 0 saturated heterocycles. The molecule has 0 spiro atoms. The largest absolute Gasteiger partial charge is 0.490 e. The van der Waals surface area contributed by atoms with Crippen LogP contribution in [0.4, 0.5) is 30.6 Å². The summed E-state index contributed by atoms with van der Waals surface area (Å²) in [5.74, 6) is -3.03. The number of halogens is 3. The van der Waals surface area contributed by atoms with Gasteiger partial charge in [-0.3, -0.25) is 4.79 Å². The van der Waals surface area contributed by atoms with Crippen molar-refractivity contribution in [3.63, 3.8) is 0 Å². The van der Waals surface area contributed by atoms with Crippen molar-refractivity contribution in [3.8, 4) is 5.75 Å². The fourth-order valence-corrected chi connectivity index (χ4v) is 3.75. The van der Waals surface area contributed by atoms with Gasteiger partial charge in [0, 0.05) is 45.1 Å². The topological polar surface area (TPSA) is 70.6 Å². The zero-order valence-corrected chi connectivity index (χ0v) is 17.0. The molecule has 1 atom stereocenters. The lowest BCUT2D eigenvalue weighted by atomic mass is 9.89. The van der Waals surface area contributed by atoms with Crippen molar-refractivity contribution in [2.24, 2.45) is 0 Å². The molecule has 7 nitrogen and oxygen atoms in total. The molecule has 1 aliphatic heterocycles. The summed E-state index contributed by atoms with van der Waals surface area (Å²) in [6.45, 7) is 3.64. The van der Waals surface area contributed by atoms with E-state index >= 15 is 0 Å². The molecule has 2 heterocycles. The van der Waals surface area contributed by atoms with Gasteiger partial charge in [0.1, 0.15) is 23.6 Å². The minimum absolute atomic E-state index is 0.0215. The number of aryl methyl sites for hydroxylation is 1. The maximum Gasteiger partial charge on any atom is 0.249 e. The van der Waals surface area contributed by atoms with Gasteiger partial charge in [0.25, 0.3) is 0 Å². The van der Waals surface area contributed by atoms with Crippen LogP contribution < -0.4 is 19.9 Å². The van der Waals surface area contributed by atoms with E-state index in [0.29, 0.717) is 36.0 Å². The Morgan fingerprint density at radius 2 is 1.77 bits per heavy atom. The average molecular weight is 421 g/mol. The number of nitrogens with one attached hydrogen (secondary N) is 1. The van der Waals surface area contributed by atoms with Crippen LogP contribution in [0, 0.1) is 24.4 Å². The first kappa shape index (κ1) is 20.2. The fourth-order valence-electron chi connectivity index (χ4n) is 3.75. The molecule has 30 heavy (non-hydrogen) atoms. The van der Waals surface area contributed by atoms with Crippen LogP contribution in [-0.4, -0.2) is 48.2 Å². The van der Waals surface area contributed by atoms with Gasteiger partial charge in [-0.15, -0.1) is 0 Å². The predicted octanol–water partition coefficient (Wildman–Crippen LogP) is 3.03. The maximum absolute atomic E-state index is 13.3. The lowest BCUT2D eigenvalue weighted by molar-refractivity contribution is -0.119. The van der Waals surface area contributed by atoms with E-state index in [0.717, 1.165) is 12.1 Å². The summed E-state index contributed by atoms with van der Waals surface area (Å²) in [5, 5.41) is 3.24. The zero-order valence-electron chi connectivity index (χ0n) is 17.0. The SMILES string of the molecule is Cc1nc(NC2CC(Oc3cc(F)c(F)c(F)c3)C2)nc2c1N(C)C(=O)[C@H](C)N2C. The van der Waals surface area contributed by atoms with E-state index < -0.39 is 17.5 Å². The maximum atomic E-state index is 13.3. The highest BCUT2D eigenvalue weighted by Gasteiger charge is 2.36. The van der Waals surface area contributed by atoms with E-state index in [1.54, 1.807) is 11.9 Å². The van der Waals surface area contributed by atoms with Gasteiger partial charge in [-0.1, -0.05) is 0 Å². The molecule has 0 radical (unpaired) electrons. The Morgan fingerprint density at radius 1 is 1.13 bits per heavy atom. The first-order chi connectivity index (χ1) is 14.2. The molecule has 1 amide bonds. The Labute approximate surface area is 171 Å². The van der Waals surface area contributed by atoms with Gasteiger partial charge in [-0.05, 0) is 13.8 Å². The van der Waals surface area contributed by atoms with Gasteiger partial charge in [-0.25, -0.2) is 18.2 Å². The number of anilines is 3. The summed E-state index contributed by atoms with van der Waals surface area (Å²) >= 11 is 0. The molecule has 0 unspecified atom stereocenters. The standard InChI is InChI=1S/C20H22F3N5O2/c1-9-17-18(27(3)10(2)19(29)28(17)4)26-20(24-9)25-11-5-12(6-11)30-13-7-14(21)16(23)15(22)8-13/h7-8,10-12H,5-6H2,1-4H3,(H,24,25,26)/t10-,11?,12?/m0/s1. The van der Waals surface area contributed by atoms with Crippen LogP contribution in [0.2, 0.25) is 0 Å². The van der Waals surface area contributed by atoms with Crippen LogP contribution in [0.3, 0.4) is 0 Å². The quantitative estimate of drug-likeness (QED) is 0.766. The number of nitrogens with zero attached hydrogens (tertiary/aromatic N) is 4. The number of likely N-dealkylation sites (N-methyl/N-ethyl adjacent to an activating group) is 2. The first-order valence-electron chi connectivity index (χ1n) is 9.62. The number of amides is 1. The van der Waals surface area contributed by atoms with Crippen LogP contribution >= 0.6 is 0 Å². The van der Waals surface area contributed by atoms with Gasteiger partial charge >= 0.3 is 0 Å². The molecule has 1 aromatic heterocycles. The molecular formula is C20H22F3N5O2. The van der Waals surface area contributed by atoms with E-state index in [4.69, 9.17) is 4.74 Å². The van der Waals surface area contributed by atoms with E-state index in [-0.39, 0.29) is 29.8 Å². The number of ether oxygens (including phenoxy) is 1. The van der Waals surface area contributed by atoms with E-state index in [9.17, 15) is 18.0 Å². The summed E-state index contributed by atoms with van der Waals surface area (Å²) in [5.41, 5.74) is 1.36. The van der Waals surface area contributed by atoms with Crippen LogP contribution in [0.1, 0.15) is 25.5 Å². The number of aromatic nitrogens is 2. The molecule has 2 aromatic rings. The number of hydrogen-bond acceptors (Lipinski definition) is 6. The molecule has 1 aromatic carbocycles. The first-order valence-corrected chi connectivity index (χ1v) is 9.62. The number of carbonyl (C=O) groups excluding carboxylic acids is 1. The third-order valence-electron chi connectivity index (χ3n) is 5.67. The molecule has 1 N–H and O–H groups in total. The zero-order chi connectivity index (χ0) is 21.7. The van der Waals surface area contributed by atoms with Crippen molar-refractivity contribution in [1.82, 2.24) is 9.97 Å². The molecular weight excluding hydrogens is 399 g/mol. The highest BCUT2D eigenvalue weighted by Crippen LogP contribution is 2.36. The summed E-state index contributed by atoms with van der Waals surface area (Å²) in [6, 6.07) is 1.37. The Kier molecular flexibility index (Phi) is 4.95. The molecule has 4 rings (SSSR count). The van der Waals surface area contributed by atoms with Crippen LogP contribution in [0.15, 0.2) is 12.1 Å². The third kappa shape index (κ3) is 3.40. The van der Waals surface area contributed by atoms with Crippen LogP contribution in [0.25, 0.3) is 0 Å². The molecule has 10 heteroatoms. The van der Waals surface area contributed by atoms with Gasteiger partial charge in [0.15, 0.2) is 23.3 Å². The van der Waals surface area contributed by atoms with Crippen LogP contribution in [-0.2, 0) is 4.79 Å². The third-order valence-corrected chi connectivity index (χ3v) is 5.67. The van der Waals surface area contributed by atoms with E-state index in [1.165, 1.54) is 0 Å². The van der Waals surface area contributed by atoms with Gasteiger partial charge in [0.2, 0.25) is 11.9 Å². The number of benzene rings is 1. The highest BCUT2D eigenvalue weighted by atomic mass is 19.2. The number of rotatable bonds is 4. The molecule has 1 aliphatic carbocycles. The minimum Gasteiger partial charge on any atom is -0.490 e. The van der Waals surface area contributed by atoms with Gasteiger partial charge < -0.3 is 19.9 Å². The summed E-state index contributed by atoms with van der Waals surface area (Å²) in [6.07, 6.45) is 0.895. The Bertz CT molecular complexity index is 989. The number of carbonyl (C=O) groups is 1. The summed E-state index contributed by atoms with van der Waals surface area (Å²) in [4.78, 5) is 24.8.